The van der Waals surface area contributed by atoms with Crippen molar-refractivity contribution < 1.29 is 19.1 Å². The molecule has 7 heteroatoms. The first kappa shape index (κ1) is 21.3. The van der Waals surface area contributed by atoms with E-state index in [9.17, 15) is 14.4 Å². The average Bonchev–Trinajstić information content (AvgIpc) is 2.73. The fraction of sp³-hybridized carbons (Fsp3) is 0.0870. The van der Waals surface area contributed by atoms with Crippen molar-refractivity contribution in [1.29, 1.82) is 0 Å². The van der Waals surface area contributed by atoms with E-state index in [1.165, 1.54) is 13.0 Å². The molecule has 152 valence electrons. The lowest BCUT2D eigenvalue weighted by Gasteiger charge is -2.09. The van der Waals surface area contributed by atoms with Gasteiger partial charge < -0.3 is 15.4 Å². The molecular weight excluding hydrogens is 448 g/mol. The molecule has 0 atom stereocenters. The molecule has 3 aromatic carbocycles. The second-order valence-corrected chi connectivity index (χ2v) is 7.38. The number of ether oxygens (including phenoxy) is 1. The molecule has 0 heterocycles. The summed E-state index contributed by atoms with van der Waals surface area (Å²) in [4.78, 5) is 35.7. The number of carbonyl (C=O) groups is 3. The Morgan fingerprint density at radius 2 is 1.57 bits per heavy atom. The lowest BCUT2D eigenvalue weighted by atomic mass is 10.1. The minimum absolute atomic E-state index is 0.160. The average molecular weight is 467 g/mol. The van der Waals surface area contributed by atoms with Gasteiger partial charge in [-0.15, -0.1) is 0 Å². The second-order valence-electron chi connectivity index (χ2n) is 6.46. The maximum Gasteiger partial charge on any atom is 0.308 e. The van der Waals surface area contributed by atoms with Crippen LogP contribution in [0.4, 0.5) is 5.69 Å². The molecule has 0 aromatic heterocycles. The summed E-state index contributed by atoms with van der Waals surface area (Å²) in [5, 5.41) is 5.65. The van der Waals surface area contributed by atoms with E-state index in [-0.39, 0.29) is 11.8 Å². The van der Waals surface area contributed by atoms with Crippen molar-refractivity contribution in [3.8, 4) is 5.75 Å². The Hall–Kier alpha value is -3.45. The Labute approximate surface area is 182 Å². The first-order valence-electron chi connectivity index (χ1n) is 9.13. The van der Waals surface area contributed by atoms with Gasteiger partial charge in [-0.05, 0) is 60.2 Å². The van der Waals surface area contributed by atoms with Gasteiger partial charge in [-0.1, -0.05) is 34.1 Å². The van der Waals surface area contributed by atoms with Crippen LogP contribution in [0.1, 0.15) is 33.2 Å². The zero-order valence-corrected chi connectivity index (χ0v) is 17.7. The Balaban J connectivity index is 1.56. The zero-order chi connectivity index (χ0) is 21.5. The third kappa shape index (κ3) is 6.02. The van der Waals surface area contributed by atoms with Crippen molar-refractivity contribution in [3.63, 3.8) is 0 Å². The highest BCUT2D eigenvalue weighted by Crippen LogP contribution is 2.16. The SMILES string of the molecule is CC(=O)Oc1cccc(C(=O)Nc2ccc(CNC(=O)c3ccc(Br)cc3)cc2)c1. The molecule has 0 aliphatic carbocycles. The number of hydrogen-bond donors (Lipinski definition) is 2. The quantitative estimate of drug-likeness (QED) is 0.412. The molecule has 3 aromatic rings. The summed E-state index contributed by atoms with van der Waals surface area (Å²) >= 11 is 3.34. The largest absolute Gasteiger partial charge is 0.427 e. The van der Waals surface area contributed by atoms with Crippen LogP contribution in [0.2, 0.25) is 0 Å². The van der Waals surface area contributed by atoms with E-state index in [1.807, 2.05) is 24.3 Å². The molecule has 0 aliphatic rings. The molecule has 3 rings (SSSR count). The molecule has 0 fully saturated rings. The summed E-state index contributed by atoms with van der Waals surface area (Å²) < 4.78 is 5.91. The fourth-order valence-electron chi connectivity index (χ4n) is 2.66. The molecule has 0 bridgehead atoms. The lowest BCUT2D eigenvalue weighted by molar-refractivity contribution is -0.131. The topological polar surface area (TPSA) is 84.5 Å². The van der Waals surface area contributed by atoms with Gasteiger partial charge in [0.25, 0.3) is 11.8 Å². The Morgan fingerprint density at radius 3 is 2.23 bits per heavy atom. The van der Waals surface area contributed by atoms with Gasteiger partial charge in [-0.3, -0.25) is 14.4 Å². The third-order valence-electron chi connectivity index (χ3n) is 4.13. The van der Waals surface area contributed by atoms with Crippen molar-refractivity contribution in [1.82, 2.24) is 5.32 Å². The van der Waals surface area contributed by atoms with E-state index in [2.05, 4.69) is 26.6 Å². The number of carbonyl (C=O) groups excluding carboxylic acids is 3. The fourth-order valence-corrected chi connectivity index (χ4v) is 2.93. The third-order valence-corrected chi connectivity index (χ3v) is 4.66. The van der Waals surface area contributed by atoms with Gasteiger partial charge in [0.1, 0.15) is 5.75 Å². The summed E-state index contributed by atoms with van der Waals surface area (Å²) in [6.45, 7) is 1.67. The standard InChI is InChI=1S/C23H19BrN2O4/c1-15(27)30-21-4-2-3-18(13-21)23(29)26-20-11-5-16(6-12-20)14-25-22(28)17-7-9-19(24)10-8-17/h2-13H,14H2,1H3,(H,25,28)(H,26,29). The molecule has 0 saturated heterocycles. The summed E-state index contributed by atoms with van der Waals surface area (Å²) in [5.74, 6) is -0.616. The van der Waals surface area contributed by atoms with Crippen LogP contribution >= 0.6 is 15.9 Å². The number of nitrogens with one attached hydrogen (secondary N) is 2. The van der Waals surface area contributed by atoms with Gasteiger partial charge in [0, 0.05) is 34.8 Å². The monoisotopic (exact) mass is 466 g/mol. The molecule has 0 unspecified atom stereocenters. The smallest absolute Gasteiger partial charge is 0.308 e. The predicted molar refractivity (Wildman–Crippen MR) is 117 cm³/mol. The Morgan fingerprint density at radius 1 is 0.867 bits per heavy atom. The summed E-state index contributed by atoms with van der Waals surface area (Å²) in [6, 6.07) is 20.7. The Bertz CT molecular complexity index is 1060. The first-order valence-corrected chi connectivity index (χ1v) is 9.92. The van der Waals surface area contributed by atoms with Gasteiger partial charge >= 0.3 is 5.97 Å². The van der Waals surface area contributed by atoms with Crippen LogP contribution in [0.5, 0.6) is 5.75 Å². The molecule has 2 N–H and O–H groups in total. The van der Waals surface area contributed by atoms with Crippen LogP contribution in [0.25, 0.3) is 0 Å². The summed E-state index contributed by atoms with van der Waals surface area (Å²) in [7, 11) is 0. The Kier molecular flexibility index (Phi) is 6.98. The maximum atomic E-state index is 12.4. The first-order chi connectivity index (χ1) is 14.4. The second kappa shape index (κ2) is 9.84. The molecule has 0 saturated carbocycles. The highest BCUT2D eigenvalue weighted by atomic mass is 79.9. The van der Waals surface area contributed by atoms with Crippen LogP contribution in [0, 0.1) is 0 Å². The van der Waals surface area contributed by atoms with Crippen molar-refractivity contribution in [2.24, 2.45) is 0 Å². The van der Waals surface area contributed by atoms with Gasteiger partial charge in [0.15, 0.2) is 0 Å². The van der Waals surface area contributed by atoms with E-state index in [4.69, 9.17) is 4.74 Å². The highest BCUT2D eigenvalue weighted by Gasteiger charge is 2.09. The molecular formula is C23H19BrN2O4. The predicted octanol–water partition coefficient (Wildman–Crippen LogP) is 4.56. The molecule has 6 nitrogen and oxygen atoms in total. The van der Waals surface area contributed by atoms with Crippen LogP contribution in [0.15, 0.2) is 77.3 Å². The maximum absolute atomic E-state index is 12.4. The normalized spacial score (nSPS) is 10.2. The molecule has 0 spiro atoms. The van der Waals surface area contributed by atoms with E-state index in [0.717, 1.165) is 10.0 Å². The van der Waals surface area contributed by atoms with Gasteiger partial charge in [-0.2, -0.15) is 0 Å². The molecule has 2 amide bonds. The van der Waals surface area contributed by atoms with Crippen LogP contribution in [0.3, 0.4) is 0 Å². The number of benzene rings is 3. The van der Waals surface area contributed by atoms with Crippen molar-refractivity contribution in [3.05, 3.63) is 94.0 Å². The van der Waals surface area contributed by atoms with Crippen molar-refractivity contribution in [2.75, 3.05) is 5.32 Å². The highest BCUT2D eigenvalue weighted by molar-refractivity contribution is 9.10. The van der Waals surface area contributed by atoms with Crippen LogP contribution in [-0.2, 0) is 11.3 Å². The van der Waals surface area contributed by atoms with E-state index in [1.54, 1.807) is 42.5 Å². The van der Waals surface area contributed by atoms with Crippen molar-refractivity contribution in [2.45, 2.75) is 13.5 Å². The number of amides is 2. The van der Waals surface area contributed by atoms with Crippen LogP contribution in [-0.4, -0.2) is 17.8 Å². The van der Waals surface area contributed by atoms with Crippen LogP contribution < -0.4 is 15.4 Å². The molecule has 30 heavy (non-hydrogen) atoms. The van der Waals surface area contributed by atoms with E-state index < -0.39 is 5.97 Å². The van der Waals surface area contributed by atoms with Gasteiger partial charge in [0.05, 0.1) is 0 Å². The minimum Gasteiger partial charge on any atom is -0.427 e. The van der Waals surface area contributed by atoms with E-state index in [0.29, 0.717) is 29.1 Å². The zero-order valence-electron chi connectivity index (χ0n) is 16.1. The summed E-state index contributed by atoms with van der Waals surface area (Å²) in [6.07, 6.45) is 0. The van der Waals surface area contributed by atoms with Gasteiger partial charge in [-0.25, -0.2) is 0 Å². The number of anilines is 1. The number of hydrogen-bond acceptors (Lipinski definition) is 4. The van der Waals surface area contributed by atoms with Crippen molar-refractivity contribution >= 4 is 39.4 Å². The molecule has 0 radical (unpaired) electrons. The lowest BCUT2D eigenvalue weighted by Crippen LogP contribution is -2.22. The minimum atomic E-state index is -0.449. The summed E-state index contributed by atoms with van der Waals surface area (Å²) in [5.41, 5.74) is 2.47. The molecule has 0 aliphatic heterocycles. The number of halogens is 1. The number of rotatable bonds is 6. The van der Waals surface area contributed by atoms with E-state index >= 15 is 0 Å². The van der Waals surface area contributed by atoms with Gasteiger partial charge in [0.2, 0.25) is 0 Å². The number of esters is 1.